The summed E-state index contributed by atoms with van der Waals surface area (Å²) in [5, 5.41) is 20.8. The highest BCUT2D eigenvalue weighted by molar-refractivity contribution is 6.38. The Bertz CT molecular complexity index is 1560. The molecule has 0 radical (unpaired) electrons. The molecule has 2 amide bonds. The van der Waals surface area contributed by atoms with Crippen LogP contribution in [0.3, 0.4) is 0 Å². The average Bonchev–Trinajstić information content (AvgIpc) is 3.44. The van der Waals surface area contributed by atoms with Gasteiger partial charge in [-0.25, -0.2) is 18.4 Å². The van der Waals surface area contributed by atoms with Crippen LogP contribution in [0.2, 0.25) is 15.1 Å². The zero-order valence-corrected chi connectivity index (χ0v) is 22.1. The first-order valence-corrected chi connectivity index (χ1v) is 12.7. The number of nitrogens with zero attached hydrogens (tertiary/aromatic N) is 7. The number of anilines is 1. The molecule has 1 fully saturated rings. The number of nitrogens with one attached hydrogen (secondary N) is 2. The van der Waals surface area contributed by atoms with Gasteiger partial charge in [0.25, 0.3) is 11.8 Å². The summed E-state index contributed by atoms with van der Waals surface area (Å²) in [6.07, 6.45) is 0.632. The average molecular weight is 597 g/mol. The molecule has 0 bridgehead atoms. The van der Waals surface area contributed by atoms with Crippen molar-refractivity contribution in [1.82, 2.24) is 40.3 Å². The Hall–Kier alpha value is -3.68. The fourth-order valence-electron chi connectivity index (χ4n) is 3.63. The van der Waals surface area contributed by atoms with Crippen LogP contribution in [0.4, 0.5) is 14.5 Å². The second kappa shape index (κ2) is 11.2. The van der Waals surface area contributed by atoms with E-state index in [0.29, 0.717) is 12.5 Å². The molecule has 1 aliphatic rings. The summed E-state index contributed by atoms with van der Waals surface area (Å²) in [6, 6.07) is 7.33. The van der Waals surface area contributed by atoms with Gasteiger partial charge >= 0.3 is 6.43 Å². The minimum Gasteiger partial charge on any atom is -0.352 e. The number of alkyl halides is 2. The second-order valence-corrected chi connectivity index (χ2v) is 9.89. The van der Waals surface area contributed by atoms with Crippen LogP contribution in [0, 0.1) is 5.92 Å². The van der Waals surface area contributed by atoms with Crippen LogP contribution < -0.4 is 10.6 Å². The van der Waals surface area contributed by atoms with Crippen LogP contribution in [0.15, 0.2) is 36.5 Å². The maximum Gasteiger partial charge on any atom is 0.301 e. The van der Waals surface area contributed by atoms with Crippen molar-refractivity contribution in [2.75, 3.05) is 11.9 Å². The van der Waals surface area contributed by atoms with Crippen molar-refractivity contribution < 1.29 is 18.4 Å². The van der Waals surface area contributed by atoms with Gasteiger partial charge in [-0.2, -0.15) is 9.90 Å². The van der Waals surface area contributed by atoms with Gasteiger partial charge in [0.15, 0.2) is 5.82 Å². The Morgan fingerprint density at radius 2 is 1.87 bits per heavy atom. The predicted molar refractivity (Wildman–Crippen MR) is 138 cm³/mol. The normalized spacial score (nSPS) is 13.1. The van der Waals surface area contributed by atoms with E-state index in [4.69, 9.17) is 34.8 Å². The molecule has 0 atom stereocenters. The van der Waals surface area contributed by atoms with Gasteiger partial charge in [0, 0.05) is 17.8 Å². The lowest BCUT2D eigenvalue weighted by Crippen LogP contribution is -2.27. The number of aromatic nitrogens is 7. The fraction of sp³-hybridized carbons (Fsp3) is 0.261. The highest BCUT2D eigenvalue weighted by Crippen LogP contribution is 2.32. The number of rotatable bonds is 9. The highest BCUT2D eigenvalue weighted by Gasteiger charge is 2.26. The minimum atomic E-state index is -2.90. The van der Waals surface area contributed by atoms with Crippen molar-refractivity contribution in [3.63, 3.8) is 0 Å². The Balaban J connectivity index is 1.49. The lowest BCUT2D eigenvalue weighted by molar-refractivity contribution is 0.0952. The van der Waals surface area contributed by atoms with Crippen molar-refractivity contribution in [3.8, 4) is 5.82 Å². The third-order valence-corrected chi connectivity index (χ3v) is 6.50. The number of benzene rings is 1. The summed E-state index contributed by atoms with van der Waals surface area (Å²) in [5.74, 6) is -1.36. The molecule has 0 spiro atoms. The smallest absolute Gasteiger partial charge is 0.301 e. The largest absolute Gasteiger partial charge is 0.352 e. The molecule has 202 valence electrons. The van der Waals surface area contributed by atoms with E-state index in [1.165, 1.54) is 29.1 Å². The van der Waals surface area contributed by atoms with Crippen molar-refractivity contribution in [3.05, 3.63) is 74.4 Å². The van der Waals surface area contributed by atoms with Gasteiger partial charge in [0.2, 0.25) is 5.82 Å². The molecule has 3 heterocycles. The molecule has 5 rings (SSSR count). The lowest BCUT2D eigenvalue weighted by Gasteiger charge is -2.14. The van der Waals surface area contributed by atoms with Crippen molar-refractivity contribution in [2.24, 2.45) is 5.92 Å². The molecule has 16 heteroatoms. The maximum absolute atomic E-state index is 13.6. The van der Waals surface area contributed by atoms with E-state index < -0.39 is 24.1 Å². The van der Waals surface area contributed by atoms with Gasteiger partial charge < -0.3 is 10.6 Å². The van der Waals surface area contributed by atoms with Gasteiger partial charge in [-0.15, -0.1) is 10.2 Å². The fourth-order valence-corrected chi connectivity index (χ4v) is 4.37. The van der Waals surface area contributed by atoms with Crippen molar-refractivity contribution in [1.29, 1.82) is 0 Å². The summed E-state index contributed by atoms with van der Waals surface area (Å²) in [4.78, 5) is 31.6. The summed E-state index contributed by atoms with van der Waals surface area (Å²) >= 11 is 18.8. The molecule has 0 saturated heterocycles. The number of pyridine rings is 1. The number of tetrazole rings is 1. The van der Waals surface area contributed by atoms with Crippen molar-refractivity contribution in [2.45, 2.75) is 25.8 Å². The van der Waals surface area contributed by atoms with E-state index >= 15 is 0 Å². The summed E-state index contributed by atoms with van der Waals surface area (Å²) < 4.78 is 26.9. The van der Waals surface area contributed by atoms with E-state index in [1.54, 1.807) is 12.1 Å². The maximum atomic E-state index is 13.6. The number of halogens is 5. The second-order valence-electron chi connectivity index (χ2n) is 8.64. The summed E-state index contributed by atoms with van der Waals surface area (Å²) in [7, 11) is 0. The van der Waals surface area contributed by atoms with E-state index in [1.807, 2.05) is 0 Å². The molecule has 2 N–H and O–H groups in total. The molecule has 4 aromatic rings. The Labute approximate surface area is 234 Å². The van der Waals surface area contributed by atoms with E-state index in [9.17, 15) is 18.4 Å². The molecule has 1 aromatic carbocycles. The molecule has 0 aliphatic heterocycles. The quantitative estimate of drug-likeness (QED) is 0.289. The molecule has 39 heavy (non-hydrogen) atoms. The van der Waals surface area contributed by atoms with E-state index in [0.717, 1.165) is 17.6 Å². The van der Waals surface area contributed by atoms with Crippen LogP contribution in [0.5, 0.6) is 0 Å². The van der Waals surface area contributed by atoms with Gasteiger partial charge in [-0.3, -0.25) is 9.59 Å². The van der Waals surface area contributed by atoms with Crippen LogP contribution in [-0.2, 0) is 6.54 Å². The first-order chi connectivity index (χ1) is 18.7. The monoisotopic (exact) mass is 595 g/mol. The third kappa shape index (κ3) is 6.15. The SMILES string of the molecule is O=C(NCC1CC1)c1cc(Cl)cc(Cl)c1NC(=O)c1cc(Cn2nnc(C(F)F)n2)nn1-c1ncccc1Cl. The third-order valence-electron chi connectivity index (χ3n) is 5.69. The zero-order chi connectivity index (χ0) is 27.7. The Morgan fingerprint density at radius 1 is 1.08 bits per heavy atom. The Kier molecular flexibility index (Phi) is 7.73. The topological polar surface area (TPSA) is 133 Å². The number of carbonyl (C=O) groups excluding carboxylic acids is 2. The molecular weight excluding hydrogens is 579 g/mol. The van der Waals surface area contributed by atoms with Crippen LogP contribution in [0.1, 0.15) is 51.6 Å². The molecule has 11 nitrogen and oxygen atoms in total. The molecule has 0 unspecified atom stereocenters. The highest BCUT2D eigenvalue weighted by atomic mass is 35.5. The van der Waals surface area contributed by atoms with E-state index in [2.05, 4.69) is 36.1 Å². The summed E-state index contributed by atoms with van der Waals surface area (Å²) in [6.45, 7) is 0.308. The number of hydrogen-bond acceptors (Lipinski definition) is 7. The zero-order valence-electron chi connectivity index (χ0n) is 19.8. The van der Waals surface area contributed by atoms with E-state index in [-0.39, 0.29) is 50.1 Å². The van der Waals surface area contributed by atoms with Crippen molar-refractivity contribution >= 4 is 52.3 Å². The minimum absolute atomic E-state index is 0.0419. The lowest BCUT2D eigenvalue weighted by atomic mass is 10.1. The number of carbonyl (C=O) groups is 2. The Morgan fingerprint density at radius 3 is 2.56 bits per heavy atom. The molecule has 1 aliphatic carbocycles. The molecular formula is C23H18Cl3F2N9O2. The first-order valence-electron chi connectivity index (χ1n) is 11.5. The standard InChI is InChI=1S/C23H18Cl3F2N9O2/c24-12-6-14(22(38)30-9-11-3-4-11)18(16(26)7-12)31-23(39)17-8-13(10-36-34-20(19(27)28)32-35-36)33-37(17)21-15(25)2-1-5-29-21/h1-2,5-8,11,19H,3-4,9-10H2,(H,30,38)(H,31,39). The van der Waals surface area contributed by atoms with Crippen LogP contribution >= 0.6 is 34.8 Å². The number of amides is 2. The van der Waals surface area contributed by atoms with Gasteiger partial charge in [-0.05, 0) is 54.3 Å². The molecule has 1 saturated carbocycles. The first kappa shape index (κ1) is 26.9. The molecule has 3 aromatic heterocycles. The summed E-state index contributed by atoms with van der Waals surface area (Å²) in [5.41, 5.74) is 0.287. The predicted octanol–water partition coefficient (Wildman–Crippen LogP) is 4.59. The van der Waals surface area contributed by atoms with Crippen LogP contribution in [0.25, 0.3) is 5.82 Å². The van der Waals surface area contributed by atoms with Crippen LogP contribution in [-0.4, -0.2) is 53.3 Å². The van der Waals surface area contributed by atoms with Gasteiger partial charge in [-0.1, -0.05) is 34.8 Å². The van der Waals surface area contributed by atoms with Gasteiger partial charge in [0.05, 0.1) is 27.0 Å². The number of hydrogen-bond donors (Lipinski definition) is 2. The van der Waals surface area contributed by atoms with Gasteiger partial charge in [0.1, 0.15) is 12.2 Å².